The van der Waals surface area contributed by atoms with E-state index >= 15 is 0 Å². The summed E-state index contributed by atoms with van der Waals surface area (Å²) in [6, 6.07) is 7.47. The summed E-state index contributed by atoms with van der Waals surface area (Å²) in [4.78, 5) is 0. The maximum absolute atomic E-state index is 9.62. The first-order valence-corrected chi connectivity index (χ1v) is 6.59. The summed E-state index contributed by atoms with van der Waals surface area (Å²) >= 11 is 0. The monoisotopic (exact) mass is 252 g/mol. The van der Waals surface area contributed by atoms with Gasteiger partial charge in [0.25, 0.3) is 0 Å². The highest BCUT2D eigenvalue weighted by molar-refractivity contribution is 5.31. The lowest BCUT2D eigenvalue weighted by Gasteiger charge is -2.16. The molecule has 0 aliphatic rings. The summed E-state index contributed by atoms with van der Waals surface area (Å²) in [6.07, 6.45) is 3.73. The van der Waals surface area contributed by atoms with Crippen LogP contribution in [-0.4, -0.2) is 36.0 Å². The molecule has 0 fully saturated rings. The molecule has 18 heavy (non-hydrogen) atoms. The van der Waals surface area contributed by atoms with Gasteiger partial charge in [0, 0.05) is 6.04 Å². The van der Waals surface area contributed by atoms with Crippen LogP contribution >= 0.6 is 0 Å². The standard InChI is InChI=1S/C14H24N2O2/c15-9-4-3-6-13(11-17)16-10-8-12-5-1-2-7-14(12)18/h1-2,5,7,13,16-18H,3-4,6,8-11,15H2/t13-/m0/s1. The lowest BCUT2D eigenvalue weighted by molar-refractivity contribution is 0.234. The molecule has 0 heterocycles. The van der Waals surface area contributed by atoms with Crippen LogP contribution in [0.2, 0.25) is 0 Å². The highest BCUT2D eigenvalue weighted by atomic mass is 16.3. The van der Waals surface area contributed by atoms with Crippen molar-refractivity contribution in [3.8, 4) is 5.75 Å². The summed E-state index contributed by atoms with van der Waals surface area (Å²) in [6.45, 7) is 1.60. The molecule has 0 amide bonds. The lowest BCUT2D eigenvalue weighted by Crippen LogP contribution is -2.34. The first-order chi connectivity index (χ1) is 8.77. The summed E-state index contributed by atoms with van der Waals surface area (Å²) < 4.78 is 0. The molecule has 1 rings (SSSR count). The van der Waals surface area contributed by atoms with E-state index in [-0.39, 0.29) is 12.6 Å². The Labute approximate surface area is 109 Å². The van der Waals surface area contributed by atoms with Gasteiger partial charge in [-0.2, -0.15) is 0 Å². The van der Waals surface area contributed by atoms with Crippen LogP contribution in [0.15, 0.2) is 24.3 Å². The van der Waals surface area contributed by atoms with E-state index < -0.39 is 0 Å². The van der Waals surface area contributed by atoms with Crippen LogP contribution in [0.5, 0.6) is 5.75 Å². The fraction of sp³-hybridized carbons (Fsp3) is 0.571. The van der Waals surface area contributed by atoms with Crippen molar-refractivity contribution in [1.82, 2.24) is 5.32 Å². The maximum atomic E-state index is 9.62. The fourth-order valence-electron chi connectivity index (χ4n) is 1.93. The molecular weight excluding hydrogens is 228 g/mol. The molecule has 0 radical (unpaired) electrons. The van der Waals surface area contributed by atoms with Gasteiger partial charge in [-0.3, -0.25) is 0 Å². The van der Waals surface area contributed by atoms with E-state index in [1.54, 1.807) is 6.07 Å². The van der Waals surface area contributed by atoms with Crippen LogP contribution in [0.25, 0.3) is 0 Å². The number of aliphatic hydroxyl groups is 1. The molecule has 0 spiro atoms. The number of nitrogens with one attached hydrogen (secondary N) is 1. The van der Waals surface area contributed by atoms with Crippen LogP contribution in [0, 0.1) is 0 Å². The number of phenols is 1. The molecule has 0 aliphatic carbocycles. The van der Waals surface area contributed by atoms with Crippen molar-refractivity contribution in [3.05, 3.63) is 29.8 Å². The highest BCUT2D eigenvalue weighted by Gasteiger charge is 2.06. The minimum atomic E-state index is 0.127. The third-order valence-corrected chi connectivity index (χ3v) is 3.05. The van der Waals surface area contributed by atoms with E-state index in [1.807, 2.05) is 18.2 Å². The van der Waals surface area contributed by atoms with E-state index in [9.17, 15) is 10.2 Å². The normalized spacial score (nSPS) is 12.6. The number of hydrogen-bond donors (Lipinski definition) is 4. The highest BCUT2D eigenvalue weighted by Crippen LogP contribution is 2.15. The number of nitrogens with two attached hydrogens (primary N) is 1. The number of unbranched alkanes of at least 4 members (excludes halogenated alkanes) is 1. The van der Waals surface area contributed by atoms with Gasteiger partial charge in [-0.25, -0.2) is 0 Å². The third kappa shape index (κ3) is 5.49. The molecule has 102 valence electrons. The van der Waals surface area contributed by atoms with E-state index in [1.165, 1.54) is 0 Å². The van der Waals surface area contributed by atoms with Crippen LogP contribution < -0.4 is 11.1 Å². The van der Waals surface area contributed by atoms with Gasteiger partial charge in [0.1, 0.15) is 5.75 Å². The minimum absolute atomic E-state index is 0.127. The Morgan fingerprint density at radius 2 is 2.00 bits per heavy atom. The smallest absolute Gasteiger partial charge is 0.118 e. The van der Waals surface area contributed by atoms with E-state index in [4.69, 9.17) is 5.73 Å². The molecule has 4 heteroatoms. The second-order valence-electron chi connectivity index (χ2n) is 4.50. The zero-order valence-electron chi connectivity index (χ0n) is 10.8. The second kappa shape index (κ2) is 8.91. The van der Waals surface area contributed by atoms with Gasteiger partial charge in [0.15, 0.2) is 0 Å². The number of aromatic hydroxyl groups is 1. The van der Waals surface area contributed by atoms with Gasteiger partial charge in [0.2, 0.25) is 0 Å². The molecule has 0 aliphatic heterocycles. The molecule has 1 aromatic rings. The molecule has 0 unspecified atom stereocenters. The number of rotatable bonds is 9. The number of hydrogen-bond acceptors (Lipinski definition) is 4. The SMILES string of the molecule is NCCCC[C@@H](CO)NCCc1ccccc1O. The van der Waals surface area contributed by atoms with Gasteiger partial charge < -0.3 is 21.3 Å². The topological polar surface area (TPSA) is 78.5 Å². The average Bonchev–Trinajstić information content (AvgIpc) is 2.39. The Morgan fingerprint density at radius 3 is 2.67 bits per heavy atom. The molecular formula is C14H24N2O2. The summed E-state index contributed by atoms with van der Waals surface area (Å²) in [7, 11) is 0. The predicted octanol–water partition coefficient (Wildman–Crippen LogP) is 1.01. The Kier molecular flexibility index (Phi) is 7.41. The van der Waals surface area contributed by atoms with E-state index in [0.29, 0.717) is 12.3 Å². The molecule has 0 aromatic heterocycles. The maximum Gasteiger partial charge on any atom is 0.118 e. The number of benzene rings is 1. The number of para-hydroxylation sites is 1. The Morgan fingerprint density at radius 1 is 1.22 bits per heavy atom. The second-order valence-corrected chi connectivity index (χ2v) is 4.50. The first-order valence-electron chi connectivity index (χ1n) is 6.59. The predicted molar refractivity (Wildman–Crippen MR) is 73.6 cm³/mol. The van der Waals surface area contributed by atoms with Crippen molar-refractivity contribution in [2.24, 2.45) is 5.73 Å². The Bertz CT molecular complexity index is 331. The molecule has 5 N–H and O–H groups in total. The molecule has 4 nitrogen and oxygen atoms in total. The number of aliphatic hydroxyl groups excluding tert-OH is 1. The molecule has 0 saturated heterocycles. The number of phenolic OH excluding ortho intramolecular Hbond substituents is 1. The Balaban J connectivity index is 2.24. The zero-order valence-corrected chi connectivity index (χ0v) is 10.8. The largest absolute Gasteiger partial charge is 0.508 e. The van der Waals surface area contributed by atoms with Crippen LogP contribution in [0.4, 0.5) is 0 Å². The van der Waals surface area contributed by atoms with Gasteiger partial charge >= 0.3 is 0 Å². The molecule has 0 saturated carbocycles. The molecule has 1 atom stereocenters. The summed E-state index contributed by atoms with van der Waals surface area (Å²) in [5, 5.41) is 22.2. The van der Waals surface area contributed by atoms with E-state index in [2.05, 4.69) is 5.32 Å². The first kappa shape index (κ1) is 15.0. The fourth-order valence-corrected chi connectivity index (χ4v) is 1.93. The van der Waals surface area contributed by atoms with Gasteiger partial charge in [0.05, 0.1) is 6.61 Å². The third-order valence-electron chi connectivity index (χ3n) is 3.05. The van der Waals surface area contributed by atoms with Crippen LogP contribution in [-0.2, 0) is 6.42 Å². The zero-order chi connectivity index (χ0) is 13.2. The van der Waals surface area contributed by atoms with Crippen molar-refractivity contribution in [3.63, 3.8) is 0 Å². The van der Waals surface area contributed by atoms with Gasteiger partial charge in [-0.15, -0.1) is 0 Å². The molecule has 0 bridgehead atoms. The van der Waals surface area contributed by atoms with Crippen molar-refractivity contribution in [2.75, 3.05) is 19.7 Å². The Hall–Kier alpha value is -1.10. The van der Waals surface area contributed by atoms with Crippen molar-refractivity contribution in [1.29, 1.82) is 0 Å². The summed E-state index contributed by atoms with van der Waals surface area (Å²) in [5.41, 5.74) is 6.37. The quantitative estimate of drug-likeness (QED) is 0.495. The van der Waals surface area contributed by atoms with E-state index in [0.717, 1.165) is 37.8 Å². The van der Waals surface area contributed by atoms with Crippen LogP contribution in [0.1, 0.15) is 24.8 Å². The van der Waals surface area contributed by atoms with Gasteiger partial charge in [-0.05, 0) is 44.0 Å². The average molecular weight is 252 g/mol. The summed E-state index contributed by atoms with van der Waals surface area (Å²) in [5.74, 6) is 0.336. The molecule has 1 aromatic carbocycles. The van der Waals surface area contributed by atoms with Crippen molar-refractivity contribution in [2.45, 2.75) is 31.7 Å². The van der Waals surface area contributed by atoms with Gasteiger partial charge in [-0.1, -0.05) is 24.6 Å². The lowest BCUT2D eigenvalue weighted by atomic mass is 10.1. The van der Waals surface area contributed by atoms with Crippen molar-refractivity contribution < 1.29 is 10.2 Å². The van der Waals surface area contributed by atoms with Crippen molar-refractivity contribution >= 4 is 0 Å². The van der Waals surface area contributed by atoms with Crippen LogP contribution in [0.3, 0.4) is 0 Å². The minimum Gasteiger partial charge on any atom is -0.508 e.